The van der Waals surface area contributed by atoms with Gasteiger partial charge < -0.3 is 4.90 Å². The van der Waals surface area contributed by atoms with E-state index in [1.54, 1.807) is 0 Å². The molecule has 0 N–H and O–H groups in total. The fraction of sp³-hybridized carbons (Fsp3) is 0.632. The van der Waals surface area contributed by atoms with E-state index in [0.717, 1.165) is 31.2 Å². The van der Waals surface area contributed by atoms with E-state index in [2.05, 4.69) is 9.80 Å². The Morgan fingerprint density at radius 1 is 1.00 bits per heavy atom. The van der Waals surface area contributed by atoms with Gasteiger partial charge in [0.05, 0.1) is 0 Å². The molecule has 0 aromatic heterocycles. The number of nitrogens with zero attached hydrogens (tertiary/aromatic N) is 2. The van der Waals surface area contributed by atoms with Crippen molar-refractivity contribution in [3.63, 3.8) is 0 Å². The molecule has 1 aromatic rings. The van der Waals surface area contributed by atoms with Crippen molar-refractivity contribution in [3.8, 4) is 0 Å². The molecule has 2 saturated heterocycles. The lowest BCUT2D eigenvalue weighted by Gasteiger charge is -2.41. The van der Waals surface area contributed by atoms with Gasteiger partial charge >= 0.3 is 0 Å². The molecule has 0 bridgehead atoms. The van der Waals surface area contributed by atoms with Gasteiger partial charge in [-0.25, -0.2) is 0 Å². The van der Waals surface area contributed by atoms with Gasteiger partial charge in [-0.1, -0.05) is 36.8 Å². The number of carbonyl (C=O) groups excluding carboxylic acids is 1. The molecular weight excluding hydrogens is 272 g/mol. The summed E-state index contributed by atoms with van der Waals surface area (Å²) in [7, 11) is 0. The molecule has 0 spiro atoms. The van der Waals surface area contributed by atoms with E-state index >= 15 is 0 Å². The summed E-state index contributed by atoms with van der Waals surface area (Å²) in [5.74, 6) is 0.278. The summed E-state index contributed by atoms with van der Waals surface area (Å²) < 4.78 is 0. The van der Waals surface area contributed by atoms with Gasteiger partial charge in [-0.2, -0.15) is 0 Å². The van der Waals surface area contributed by atoms with Gasteiger partial charge in [-0.05, 0) is 45.3 Å². The molecule has 3 rings (SSSR count). The van der Waals surface area contributed by atoms with Gasteiger partial charge in [-0.15, -0.1) is 0 Å². The Balaban J connectivity index is 1.47. The van der Waals surface area contributed by atoms with Crippen LogP contribution in [0.25, 0.3) is 0 Å². The molecule has 0 radical (unpaired) electrons. The highest BCUT2D eigenvalue weighted by Crippen LogP contribution is 2.20. The lowest BCUT2D eigenvalue weighted by Crippen LogP contribution is -2.49. The summed E-state index contributed by atoms with van der Waals surface area (Å²) in [6.07, 6.45) is 7.39. The molecule has 2 aliphatic rings. The predicted octanol–water partition coefficient (Wildman–Crippen LogP) is 3.21. The van der Waals surface area contributed by atoms with Crippen LogP contribution in [0.3, 0.4) is 0 Å². The smallest absolute Gasteiger partial charge is 0.164 e. The van der Waals surface area contributed by atoms with E-state index in [-0.39, 0.29) is 5.78 Å². The van der Waals surface area contributed by atoms with Crippen molar-refractivity contribution in [1.82, 2.24) is 9.80 Å². The fourth-order valence-corrected chi connectivity index (χ4v) is 3.84. The van der Waals surface area contributed by atoms with Crippen molar-refractivity contribution in [3.05, 3.63) is 35.9 Å². The maximum absolute atomic E-state index is 12.2. The molecule has 0 amide bonds. The first-order chi connectivity index (χ1) is 10.8. The molecule has 0 aliphatic carbocycles. The Morgan fingerprint density at radius 3 is 2.55 bits per heavy atom. The summed E-state index contributed by atoms with van der Waals surface area (Å²) in [6.45, 7) is 5.79. The zero-order valence-electron chi connectivity index (χ0n) is 13.5. The van der Waals surface area contributed by atoms with Crippen LogP contribution >= 0.6 is 0 Å². The zero-order valence-corrected chi connectivity index (χ0v) is 13.5. The first-order valence-corrected chi connectivity index (χ1v) is 8.87. The van der Waals surface area contributed by atoms with Crippen molar-refractivity contribution in [1.29, 1.82) is 0 Å². The van der Waals surface area contributed by atoms with E-state index in [1.165, 1.54) is 45.2 Å². The highest BCUT2D eigenvalue weighted by Gasteiger charge is 2.26. The van der Waals surface area contributed by atoms with E-state index in [1.807, 2.05) is 30.3 Å². The highest BCUT2D eigenvalue weighted by molar-refractivity contribution is 5.96. The molecular formula is C19H28N2O. The number of hydrogen-bond acceptors (Lipinski definition) is 3. The van der Waals surface area contributed by atoms with Gasteiger partial charge in [0.2, 0.25) is 0 Å². The van der Waals surface area contributed by atoms with E-state index in [4.69, 9.17) is 0 Å². The number of carbonyl (C=O) groups is 1. The van der Waals surface area contributed by atoms with Gasteiger partial charge in [0.1, 0.15) is 0 Å². The largest absolute Gasteiger partial charge is 0.301 e. The van der Waals surface area contributed by atoms with Crippen LogP contribution < -0.4 is 0 Å². The third-order valence-corrected chi connectivity index (χ3v) is 5.14. The first kappa shape index (κ1) is 15.7. The minimum atomic E-state index is 0.278. The van der Waals surface area contributed by atoms with Crippen LogP contribution in [-0.2, 0) is 0 Å². The molecule has 1 atom stereocenters. The van der Waals surface area contributed by atoms with Crippen LogP contribution in [-0.4, -0.2) is 54.3 Å². The van der Waals surface area contributed by atoms with Crippen molar-refractivity contribution < 1.29 is 4.79 Å². The Kier molecular flexibility index (Phi) is 5.63. The van der Waals surface area contributed by atoms with Gasteiger partial charge in [0.25, 0.3) is 0 Å². The highest BCUT2D eigenvalue weighted by atomic mass is 16.1. The number of ketones is 1. The number of piperidine rings is 2. The van der Waals surface area contributed by atoms with Crippen molar-refractivity contribution in [2.45, 2.75) is 44.6 Å². The quantitative estimate of drug-likeness (QED) is 0.780. The number of Topliss-reactive ketones (excluding diaryl/α,β-unsaturated/α-hetero) is 1. The first-order valence-electron chi connectivity index (χ1n) is 8.87. The zero-order chi connectivity index (χ0) is 15.2. The topological polar surface area (TPSA) is 23.6 Å². The molecule has 3 heteroatoms. The molecule has 0 saturated carbocycles. The minimum Gasteiger partial charge on any atom is -0.301 e. The lowest BCUT2D eigenvalue weighted by molar-refractivity contribution is 0.0772. The molecule has 3 nitrogen and oxygen atoms in total. The van der Waals surface area contributed by atoms with Gasteiger partial charge in [0.15, 0.2) is 5.78 Å². The van der Waals surface area contributed by atoms with E-state index < -0.39 is 0 Å². The van der Waals surface area contributed by atoms with Gasteiger partial charge in [0, 0.05) is 31.1 Å². The standard InChI is InChI=1S/C19H28N2O/c22-19(17-8-3-1-4-9-17)11-15-20-12-7-10-18(16-20)21-13-5-2-6-14-21/h1,3-4,8-9,18H,2,5-7,10-16H2. The second kappa shape index (κ2) is 7.89. The third kappa shape index (κ3) is 4.17. The molecule has 120 valence electrons. The van der Waals surface area contributed by atoms with Crippen LogP contribution in [0.1, 0.15) is 48.9 Å². The summed E-state index contributed by atoms with van der Waals surface area (Å²) in [4.78, 5) is 17.4. The van der Waals surface area contributed by atoms with Crippen LogP contribution in [0.4, 0.5) is 0 Å². The van der Waals surface area contributed by atoms with Crippen LogP contribution in [0.5, 0.6) is 0 Å². The average Bonchev–Trinajstić information content (AvgIpc) is 2.61. The van der Waals surface area contributed by atoms with Gasteiger partial charge in [-0.3, -0.25) is 9.69 Å². The second-order valence-corrected chi connectivity index (χ2v) is 6.73. The number of likely N-dealkylation sites (tertiary alicyclic amines) is 2. The Morgan fingerprint density at radius 2 is 1.77 bits per heavy atom. The normalized spacial score (nSPS) is 24.3. The van der Waals surface area contributed by atoms with Crippen LogP contribution in [0.2, 0.25) is 0 Å². The number of benzene rings is 1. The average molecular weight is 300 g/mol. The number of hydrogen-bond donors (Lipinski definition) is 0. The predicted molar refractivity (Wildman–Crippen MR) is 90.3 cm³/mol. The maximum Gasteiger partial charge on any atom is 0.164 e. The number of rotatable bonds is 5. The summed E-state index contributed by atoms with van der Waals surface area (Å²) in [5.41, 5.74) is 0.854. The molecule has 22 heavy (non-hydrogen) atoms. The summed E-state index contributed by atoms with van der Waals surface area (Å²) >= 11 is 0. The maximum atomic E-state index is 12.2. The molecule has 2 heterocycles. The third-order valence-electron chi connectivity index (χ3n) is 5.14. The molecule has 1 aromatic carbocycles. The molecule has 1 unspecified atom stereocenters. The summed E-state index contributed by atoms with van der Waals surface area (Å²) in [6, 6.07) is 10.4. The summed E-state index contributed by atoms with van der Waals surface area (Å²) in [5, 5.41) is 0. The SMILES string of the molecule is O=C(CCN1CCCC(N2CCCCC2)C1)c1ccccc1. The van der Waals surface area contributed by atoms with Crippen molar-refractivity contribution in [2.75, 3.05) is 32.7 Å². The van der Waals surface area contributed by atoms with Crippen LogP contribution in [0, 0.1) is 0 Å². The molecule has 2 fully saturated rings. The fourth-order valence-electron chi connectivity index (χ4n) is 3.84. The van der Waals surface area contributed by atoms with E-state index in [0.29, 0.717) is 6.42 Å². The Hall–Kier alpha value is -1.19. The Bertz CT molecular complexity index is 468. The second-order valence-electron chi connectivity index (χ2n) is 6.73. The van der Waals surface area contributed by atoms with Crippen LogP contribution in [0.15, 0.2) is 30.3 Å². The van der Waals surface area contributed by atoms with E-state index in [9.17, 15) is 4.79 Å². The van der Waals surface area contributed by atoms with Crippen molar-refractivity contribution in [2.24, 2.45) is 0 Å². The molecule has 2 aliphatic heterocycles. The Labute approximate surface area is 134 Å². The van der Waals surface area contributed by atoms with Crippen molar-refractivity contribution >= 4 is 5.78 Å². The minimum absolute atomic E-state index is 0.278. The monoisotopic (exact) mass is 300 g/mol. The lowest BCUT2D eigenvalue weighted by atomic mass is 10.00.